The second-order valence-corrected chi connectivity index (χ2v) is 9.51. The lowest BCUT2D eigenvalue weighted by atomic mass is 9.91. The first-order valence-corrected chi connectivity index (χ1v) is 11.9. The van der Waals surface area contributed by atoms with Crippen LogP contribution in [0.3, 0.4) is 0 Å². The second-order valence-electron chi connectivity index (χ2n) is 8.67. The molecule has 2 aliphatic heterocycles. The highest BCUT2D eigenvalue weighted by Gasteiger charge is 2.29. The van der Waals surface area contributed by atoms with Crippen LogP contribution >= 0.6 is 23.2 Å². The molecule has 3 aliphatic rings. The van der Waals surface area contributed by atoms with Crippen LogP contribution in [-0.2, 0) is 12.8 Å². The Kier molecular flexibility index (Phi) is 6.04. The minimum absolute atomic E-state index is 0.0604. The molecule has 31 heavy (non-hydrogen) atoms. The van der Waals surface area contributed by atoms with Gasteiger partial charge < -0.3 is 9.80 Å². The van der Waals surface area contributed by atoms with Gasteiger partial charge in [0, 0.05) is 63.0 Å². The van der Waals surface area contributed by atoms with Gasteiger partial charge in [-0.15, -0.1) is 0 Å². The fourth-order valence-corrected chi connectivity index (χ4v) is 5.18. The van der Waals surface area contributed by atoms with Crippen LogP contribution < -0.4 is 4.90 Å². The van der Waals surface area contributed by atoms with Crippen LogP contribution in [0.4, 0.5) is 5.95 Å². The molecule has 164 valence electrons. The molecule has 0 bridgehead atoms. The van der Waals surface area contributed by atoms with E-state index in [0.29, 0.717) is 28.7 Å². The lowest BCUT2D eigenvalue weighted by Crippen LogP contribution is -2.52. The fourth-order valence-electron chi connectivity index (χ4n) is 4.69. The summed E-state index contributed by atoms with van der Waals surface area (Å²) < 4.78 is 0. The summed E-state index contributed by atoms with van der Waals surface area (Å²) in [6, 6.07) is 5.82. The molecule has 0 N–H and O–H groups in total. The van der Waals surface area contributed by atoms with E-state index >= 15 is 0 Å². The van der Waals surface area contributed by atoms with E-state index < -0.39 is 0 Å². The number of aromatic nitrogens is 2. The van der Waals surface area contributed by atoms with Crippen LogP contribution in [0.25, 0.3) is 0 Å². The van der Waals surface area contributed by atoms with Crippen molar-refractivity contribution in [1.29, 1.82) is 0 Å². The van der Waals surface area contributed by atoms with Crippen molar-refractivity contribution in [3.05, 3.63) is 51.3 Å². The maximum atomic E-state index is 13.0. The van der Waals surface area contributed by atoms with Crippen molar-refractivity contribution in [3.8, 4) is 0 Å². The standard InChI is InChI=1S/C23H27Cl2N5O/c24-17-4-5-19(20(25)14-17)22(31)29-8-6-16-15-26-23(27-21(16)7-9-29)30-12-10-28(11-13-30)18-2-1-3-18/h4-5,14-15,18H,1-3,6-13H2. The van der Waals surface area contributed by atoms with Crippen molar-refractivity contribution < 1.29 is 4.79 Å². The summed E-state index contributed by atoms with van der Waals surface area (Å²) in [6.45, 7) is 5.40. The van der Waals surface area contributed by atoms with E-state index in [1.165, 1.54) is 19.3 Å². The highest BCUT2D eigenvalue weighted by molar-refractivity contribution is 6.36. The van der Waals surface area contributed by atoms with Crippen LogP contribution in [0.15, 0.2) is 24.4 Å². The minimum atomic E-state index is -0.0604. The van der Waals surface area contributed by atoms with Crippen LogP contribution in [0.5, 0.6) is 0 Å². The van der Waals surface area contributed by atoms with Gasteiger partial charge in [-0.2, -0.15) is 0 Å². The van der Waals surface area contributed by atoms with Crippen molar-refractivity contribution in [2.45, 2.75) is 38.1 Å². The summed E-state index contributed by atoms with van der Waals surface area (Å²) in [4.78, 5) is 29.4. The highest BCUT2D eigenvalue weighted by Crippen LogP contribution is 2.27. The van der Waals surface area contributed by atoms with Gasteiger partial charge in [-0.1, -0.05) is 29.6 Å². The van der Waals surface area contributed by atoms with Gasteiger partial charge in [-0.3, -0.25) is 9.69 Å². The number of halogens is 2. The molecule has 1 amide bonds. The SMILES string of the molecule is O=C(c1ccc(Cl)cc1Cl)N1CCc2cnc(N3CCN(C4CCC4)CC3)nc2CC1. The Morgan fingerprint density at radius 3 is 2.48 bits per heavy atom. The van der Waals surface area contributed by atoms with Crippen molar-refractivity contribution in [3.63, 3.8) is 0 Å². The quantitative estimate of drug-likeness (QED) is 0.700. The zero-order valence-electron chi connectivity index (χ0n) is 17.6. The Labute approximate surface area is 193 Å². The fraction of sp³-hybridized carbons (Fsp3) is 0.522. The molecule has 1 saturated heterocycles. The van der Waals surface area contributed by atoms with Gasteiger partial charge in [0.25, 0.3) is 5.91 Å². The Morgan fingerprint density at radius 2 is 1.77 bits per heavy atom. The van der Waals surface area contributed by atoms with Gasteiger partial charge in [-0.05, 0) is 43.0 Å². The molecule has 0 unspecified atom stereocenters. The second kappa shape index (κ2) is 8.93. The van der Waals surface area contributed by atoms with Crippen molar-refractivity contribution >= 4 is 35.1 Å². The van der Waals surface area contributed by atoms with E-state index in [2.05, 4.69) is 14.8 Å². The van der Waals surface area contributed by atoms with Crippen molar-refractivity contribution in [2.75, 3.05) is 44.2 Å². The number of hydrogen-bond donors (Lipinski definition) is 0. The molecular formula is C23H27Cl2N5O. The molecule has 3 heterocycles. The number of piperazine rings is 1. The number of hydrogen-bond acceptors (Lipinski definition) is 5. The summed E-state index contributed by atoms with van der Waals surface area (Å²) >= 11 is 12.2. The summed E-state index contributed by atoms with van der Waals surface area (Å²) in [5.74, 6) is 0.766. The van der Waals surface area contributed by atoms with Gasteiger partial charge in [0.05, 0.1) is 16.3 Å². The molecule has 0 radical (unpaired) electrons. The first-order chi connectivity index (χ1) is 15.1. The van der Waals surface area contributed by atoms with Gasteiger partial charge in [0.1, 0.15) is 0 Å². The Morgan fingerprint density at radius 1 is 1.00 bits per heavy atom. The number of nitrogens with zero attached hydrogens (tertiary/aromatic N) is 5. The molecule has 5 rings (SSSR count). The average molecular weight is 460 g/mol. The number of anilines is 1. The molecule has 6 nitrogen and oxygen atoms in total. The van der Waals surface area contributed by atoms with E-state index in [-0.39, 0.29) is 5.91 Å². The number of carbonyl (C=O) groups excluding carboxylic acids is 1. The largest absolute Gasteiger partial charge is 0.338 e. The monoisotopic (exact) mass is 459 g/mol. The average Bonchev–Trinajstić information content (AvgIpc) is 2.95. The van der Waals surface area contributed by atoms with E-state index in [0.717, 1.165) is 62.3 Å². The predicted molar refractivity (Wildman–Crippen MR) is 123 cm³/mol. The maximum Gasteiger partial charge on any atom is 0.255 e. The molecule has 0 atom stereocenters. The van der Waals surface area contributed by atoms with Gasteiger partial charge in [-0.25, -0.2) is 9.97 Å². The van der Waals surface area contributed by atoms with Crippen molar-refractivity contribution in [2.24, 2.45) is 0 Å². The lowest BCUT2D eigenvalue weighted by molar-refractivity contribution is 0.0763. The van der Waals surface area contributed by atoms with Gasteiger partial charge in [0.15, 0.2) is 0 Å². The van der Waals surface area contributed by atoms with Crippen LogP contribution in [0.1, 0.15) is 40.9 Å². The van der Waals surface area contributed by atoms with Crippen LogP contribution in [-0.4, -0.2) is 71.0 Å². The lowest BCUT2D eigenvalue weighted by Gasteiger charge is -2.43. The van der Waals surface area contributed by atoms with E-state index in [9.17, 15) is 4.79 Å². The molecule has 1 aliphatic carbocycles. The van der Waals surface area contributed by atoms with Gasteiger partial charge >= 0.3 is 0 Å². The first-order valence-electron chi connectivity index (χ1n) is 11.2. The molecule has 1 aromatic heterocycles. The zero-order valence-corrected chi connectivity index (χ0v) is 19.1. The number of carbonyl (C=O) groups is 1. The summed E-state index contributed by atoms with van der Waals surface area (Å²) in [5, 5.41) is 0.920. The third-order valence-corrected chi connectivity index (χ3v) is 7.40. The molecule has 8 heteroatoms. The summed E-state index contributed by atoms with van der Waals surface area (Å²) in [5.41, 5.74) is 2.69. The van der Waals surface area contributed by atoms with E-state index in [1.807, 2.05) is 11.1 Å². The van der Waals surface area contributed by atoms with E-state index in [4.69, 9.17) is 28.2 Å². The Bertz CT molecular complexity index is 972. The van der Waals surface area contributed by atoms with Crippen LogP contribution in [0.2, 0.25) is 10.0 Å². The van der Waals surface area contributed by atoms with Gasteiger partial charge in [0.2, 0.25) is 5.95 Å². The first kappa shape index (κ1) is 21.0. The van der Waals surface area contributed by atoms with Crippen molar-refractivity contribution in [1.82, 2.24) is 19.8 Å². The summed E-state index contributed by atoms with van der Waals surface area (Å²) in [7, 11) is 0. The Balaban J connectivity index is 1.25. The topological polar surface area (TPSA) is 52.6 Å². The molecule has 1 saturated carbocycles. The third kappa shape index (κ3) is 4.38. The summed E-state index contributed by atoms with van der Waals surface area (Å²) in [6.07, 6.45) is 7.52. The molecular weight excluding hydrogens is 433 g/mol. The number of amides is 1. The number of fused-ring (bicyclic) bond motifs is 1. The number of rotatable bonds is 3. The van der Waals surface area contributed by atoms with E-state index in [1.54, 1.807) is 18.2 Å². The van der Waals surface area contributed by atoms with Crippen LogP contribution in [0, 0.1) is 0 Å². The molecule has 2 fully saturated rings. The number of benzene rings is 1. The maximum absolute atomic E-state index is 13.0. The smallest absolute Gasteiger partial charge is 0.255 e. The molecule has 0 spiro atoms. The highest BCUT2D eigenvalue weighted by atomic mass is 35.5. The normalized spacial score (nSPS) is 20.2. The zero-order chi connectivity index (χ0) is 21.4. The predicted octanol–water partition coefficient (Wildman–Crippen LogP) is 3.70. The Hall–Kier alpha value is -1.89. The third-order valence-electron chi connectivity index (χ3n) is 6.85. The minimum Gasteiger partial charge on any atom is -0.338 e. The molecule has 2 aromatic rings. The molecule has 1 aromatic carbocycles.